The van der Waals surface area contributed by atoms with Gasteiger partial charge in [0.25, 0.3) is 5.91 Å². The van der Waals surface area contributed by atoms with Gasteiger partial charge in [0.2, 0.25) is 0 Å². The third kappa shape index (κ3) is 5.27. The van der Waals surface area contributed by atoms with Crippen molar-refractivity contribution in [2.45, 2.75) is 13.1 Å². The third-order valence-electron chi connectivity index (χ3n) is 4.50. The quantitative estimate of drug-likeness (QED) is 0.730. The Labute approximate surface area is 167 Å². The Morgan fingerprint density at radius 2 is 1.96 bits per heavy atom. The second-order valence-corrected chi connectivity index (χ2v) is 7.85. The molecule has 1 amide bonds. The van der Waals surface area contributed by atoms with E-state index in [4.69, 9.17) is 11.6 Å². The number of likely N-dealkylation sites (N-methyl/N-ethyl adjacent to an activating group) is 1. The molecule has 0 aliphatic carbocycles. The highest BCUT2D eigenvalue weighted by Crippen LogP contribution is 2.18. The van der Waals surface area contributed by atoms with E-state index in [0.717, 1.165) is 42.8 Å². The number of carbonyl (C=O) groups excluding carboxylic acids is 1. The van der Waals surface area contributed by atoms with E-state index in [1.54, 1.807) is 12.3 Å². The number of benzene rings is 1. The molecule has 0 atom stereocenters. The number of nitrogens with zero attached hydrogens (tertiary/aromatic N) is 3. The van der Waals surface area contributed by atoms with E-state index in [2.05, 4.69) is 55.2 Å². The number of rotatable bonds is 5. The van der Waals surface area contributed by atoms with Gasteiger partial charge in [-0.25, -0.2) is 4.98 Å². The van der Waals surface area contributed by atoms with Crippen LogP contribution in [0.4, 0.5) is 0 Å². The predicted molar refractivity (Wildman–Crippen MR) is 107 cm³/mol. The number of pyridine rings is 1. The molecule has 138 valence electrons. The number of aromatic nitrogens is 1. The lowest BCUT2D eigenvalue weighted by molar-refractivity contribution is 0.0950. The minimum Gasteiger partial charge on any atom is -0.348 e. The Hall–Kier alpha value is -1.47. The van der Waals surface area contributed by atoms with Crippen LogP contribution in [-0.4, -0.2) is 53.9 Å². The van der Waals surface area contributed by atoms with Gasteiger partial charge >= 0.3 is 0 Å². The maximum atomic E-state index is 12.4. The van der Waals surface area contributed by atoms with Gasteiger partial charge in [-0.15, -0.1) is 0 Å². The van der Waals surface area contributed by atoms with Crippen LogP contribution in [0.15, 0.2) is 41.0 Å². The van der Waals surface area contributed by atoms with Crippen LogP contribution < -0.4 is 5.32 Å². The van der Waals surface area contributed by atoms with Gasteiger partial charge in [-0.05, 0) is 40.2 Å². The molecule has 1 aliphatic rings. The van der Waals surface area contributed by atoms with Gasteiger partial charge in [0.15, 0.2) is 0 Å². The van der Waals surface area contributed by atoms with E-state index >= 15 is 0 Å². The first-order valence-corrected chi connectivity index (χ1v) is 9.76. The van der Waals surface area contributed by atoms with Crippen molar-refractivity contribution < 1.29 is 4.79 Å². The molecule has 0 bridgehead atoms. The van der Waals surface area contributed by atoms with E-state index in [-0.39, 0.29) is 11.1 Å². The third-order valence-corrected chi connectivity index (χ3v) is 5.23. The molecule has 1 aromatic heterocycles. The summed E-state index contributed by atoms with van der Waals surface area (Å²) in [4.78, 5) is 21.2. The molecule has 0 unspecified atom stereocenters. The molecular weight excluding hydrogens is 416 g/mol. The van der Waals surface area contributed by atoms with Crippen LogP contribution in [0.5, 0.6) is 0 Å². The normalized spacial score (nSPS) is 15.8. The lowest BCUT2D eigenvalue weighted by Crippen LogP contribution is -2.43. The largest absolute Gasteiger partial charge is 0.348 e. The van der Waals surface area contributed by atoms with E-state index in [9.17, 15) is 4.79 Å². The Balaban J connectivity index is 1.58. The molecule has 1 aliphatic heterocycles. The van der Waals surface area contributed by atoms with Crippen LogP contribution in [0.3, 0.4) is 0 Å². The fraction of sp³-hybridized carbons (Fsp3) is 0.368. The fourth-order valence-corrected chi connectivity index (χ4v) is 3.48. The van der Waals surface area contributed by atoms with Crippen molar-refractivity contribution in [1.82, 2.24) is 20.1 Å². The summed E-state index contributed by atoms with van der Waals surface area (Å²) in [6.07, 6.45) is 1.57. The molecule has 1 fully saturated rings. The highest BCUT2D eigenvalue weighted by atomic mass is 79.9. The van der Waals surface area contributed by atoms with Gasteiger partial charge in [0, 0.05) is 49.9 Å². The standard InChI is InChI=1S/C19H22BrClN4O/c1-24-5-7-25(8-6-24)13-15-4-2-3-14(9-15)11-23-19(26)17-10-16(20)12-22-18(17)21/h2-4,9-10,12H,5-8,11,13H2,1H3,(H,23,26). The Morgan fingerprint density at radius 1 is 1.23 bits per heavy atom. The molecule has 7 heteroatoms. The highest BCUT2D eigenvalue weighted by molar-refractivity contribution is 9.10. The molecule has 26 heavy (non-hydrogen) atoms. The van der Waals surface area contributed by atoms with E-state index in [1.807, 2.05) is 12.1 Å². The summed E-state index contributed by atoms with van der Waals surface area (Å²) >= 11 is 9.33. The Morgan fingerprint density at radius 3 is 2.73 bits per heavy atom. The van der Waals surface area contributed by atoms with Gasteiger partial charge in [0.05, 0.1) is 5.56 Å². The van der Waals surface area contributed by atoms with Crippen molar-refractivity contribution in [1.29, 1.82) is 0 Å². The summed E-state index contributed by atoms with van der Waals surface area (Å²) in [5.41, 5.74) is 2.71. The number of hydrogen-bond donors (Lipinski definition) is 1. The number of carbonyl (C=O) groups is 1. The summed E-state index contributed by atoms with van der Waals surface area (Å²) < 4.78 is 0.723. The maximum absolute atomic E-state index is 12.4. The van der Waals surface area contributed by atoms with Crippen LogP contribution in [0.1, 0.15) is 21.5 Å². The van der Waals surface area contributed by atoms with Crippen LogP contribution in [-0.2, 0) is 13.1 Å². The fourth-order valence-electron chi connectivity index (χ4n) is 2.96. The second kappa shape index (κ2) is 8.95. The van der Waals surface area contributed by atoms with Crippen LogP contribution in [0, 0.1) is 0 Å². The van der Waals surface area contributed by atoms with Gasteiger partial charge in [-0.1, -0.05) is 35.9 Å². The number of amides is 1. The molecule has 3 rings (SSSR count). The first-order valence-electron chi connectivity index (χ1n) is 8.59. The van der Waals surface area contributed by atoms with Crippen LogP contribution in [0.25, 0.3) is 0 Å². The summed E-state index contributed by atoms with van der Waals surface area (Å²) in [5.74, 6) is -0.228. The zero-order valence-electron chi connectivity index (χ0n) is 14.7. The molecule has 5 nitrogen and oxygen atoms in total. The summed E-state index contributed by atoms with van der Waals surface area (Å²) in [6.45, 7) is 5.79. The van der Waals surface area contributed by atoms with Crippen molar-refractivity contribution in [2.24, 2.45) is 0 Å². The summed E-state index contributed by atoms with van der Waals surface area (Å²) in [5, 5.41) is 3.12. The zero-order valence-corrected chi connectivity index (χ0v) is 17.1. The van der Waals surface area contributed by atoms with Gasteiger partial charge in [0.1, 0.15) is 5.15 Å². The minimum atomic E-state index is -0.228. The first-order chi connectivity index (χ1) is 12.5. The smallest absolute Gasteiger partial charge is 0.254 e. The van der Waals surface area contributed by atoms with Crippen molar-refractivity contribution in [3.8, 4) is 0 Å². The average molecular weight is 438 g/mol. The predicted octanol–water partition coefficient (Wildman–Crippen LogP) is 3.17. The molecule has 2 heterocycles. The average Bonchev–Trinajstić information content (AvgIpc) is 2.64. The van der Waals surface area contributed by atoms with E-state index < -0.39 is 0 Å². The second-order valence-electron chi connectivity index (χ2n) is 6.57. The van der Waals surface area contributed by atoms with E-state index in [0.29, 0.717) is 12.1 Å². The van der Waals surface area contributed by atoms with Crippen LogP contribution in [0.2, 0.25) is 5.15 Å². The first kappa shape index (κ1) is 19.3. The monoisotopic (exact) mass is 436 g/mol. The molecule has 2 aromatic rings. The van der Waals surface area contributed by atoms with Crippen molar-refractivity contribution in [2.75, 3.05) is 33.2 Å². The molecule has 1 aromatic carbocycles. The van der Waals surface area contributed by atoms with E-state index in [1.165, 1.54) is 5.56 Å². The summed E-state index contributed by atoms with van der Waals surface area (Å²) in [7, 11) is 2.16. The van der Waals surface area contributed by atoms with Crippen molar-refractivity contribution >= 4 is 33.4 Å². The van der Waals surface area contributed by atoms with Gasteiger partial charge in [-0.2, -0.15) is 0 Å². The molecular formula is C19H22BrClN4O. The number of halogens is 2. The number of nitrogens with one attached hydrogen (secondary N) is 1. The van der Waals surface area contributed by atoms with Gasteiger partial charge < -0.3 is 10.2 Å². The minimum absolute atomic E-state index is 0.203. The van der Waals surface area contributed by atoms with Crippen molar-refractivity contribution in [3.63, 3.8) is 0 Å². The summed E-state index contributed by atoms with van der Waals surface area (Å²) in [6, 6.07) is 10.0. The SMILES string of the molecule is CN1CCN(Cc2cccc(CNC(=O)c3cc(Br)cnc3Cl)c2)CC1. The maximum Gasteiger partial charge on any atom is 0.254 e. The highest BCUT2D eigenvalue weighted by Gasteiger charge is 2.14. The lowest BCUT2D eigenvalue weighted by atomic mass is 10.1. The Bertz CT molecular complexity index is 778. The van der Waals surface area contributed by atoms with Crippen LogP contribution >= 0.6 is 27.5 Å². The Kier molecular flexibility index (Phi) is 6.64. The molecule has 1 saturated heterocycles. The topological polar surface area (TPSA) is 48.5 Å². The molecule has 0 spiro atoms. The molecule has 0 radical (unpaired) electrons. The van der Waals surface area contributed by atoms with Crippen molar-refractivity contribution in [3.05, 3.63) is 62.8 Å². The zero-order chi connectivity index (χ0) is 18.5. The van der Waals surface area contributed by atoms with Gasteiger partial charge in [-0.3, -0.25) is 9.69 Å². The number of hydrogen-bond acceptors (Lipinski definition) is 4. The molecule has 1 N–H and O–H groups in total. The number of piperazine rings is 1. The molecule has 0 saturated carbocycles. The lowest BCUT2D eigenvalue weighted by Gasteiger charge is -2.32.